The highest BCUT2D eigenvalue weighted by atomic mass is 16.5. The van der Waals surface area contributed by atoms with E-state index in [4.69, 9.17) is 4.74 Å². The minimum atomic E-state index is 0.173. The highest BCUT2D eigenvalue weighted by Crippen LogP contribution is 2.34. The predicted octanol–water partition coefficient (Wildman–Crippen LogP) is 2.87. The Morgan fingerprint density at radius 2 is 2.25 bits per heavy atom. The van der Waals surface area contributed by atoms with Gasteiger partial charge in [-0.05, 0) is 24.1 Å². The van der Waals surface area contributed by atoms with Gasteiger partial charge in [0.1, 0.15) is 12.0 Å². The van der Waals surface area contributed by atoms with Gasteiger partial charge in [0.05, 0.1) is 7.11 Å². The van der Waals surface area contributed by atoms with Gasteiger partial charge in [-0.15, -0.1) is 0 Å². The number of nitrogens with one attached hydrogen (secondary N) is 1. The number of H-pyrrole nitrogens is 1. The molecular weight excluding hydrogens is 202 g/mol. The number of hydrogen-bond donors (Lipinski definition) is 1. The highest BCUT2D eigenvalue weighted by molar-refractivity contribution is 5.86. The molecule has 0 saturated carbocycles. The van der Waals surface area contributed by atoms with Gasteiger partial charge in [-0.3, -0.25) is 0 Å². The normalized spacial score (nSPS) is 12.6. The molecule has 0 amide bonds. The van der Waals surface area contributed by atoms with E-state index in [0.717, 1.165) is 28.5 Å². The van der Waals surface area contributed by atoms with Crippen molar-refractivity contribution in [2.24, 2.45) is 0 Å². The molecule has 0 aliphatic heterocycles. The zero-order valence-electron chi connectivity index (χ0n) is 9.49. The Balaban J connectivity index is 2.61. The molecule has 0 saturated heterocycles. The first-order chi connectivity index (χ1) is 7.77. The van der Waals surface area contributed by atoms with Crippen LogP contribution in [0.1, 0.15) is 24.8 Å². The molecule has 2 aromatic rings. The van der Waals surface area contributed by atoms with Crippen molar-refractivity contribution in [3.8, 4) is 5.75 Å². The fourth-order valence-corrected chi connectivity index (χ4v) is 2.09. The first-order valence-corrected chi connectivity index (χ1v) is 5.35. The van der Waals surface area contributed by atoms with Crippen LogP contribution in [0.4, 0.5) is 0 Å². The molecule has 1 unspecified atom stereocenters. The van der Waals surface area contributed by atoms with E-state index in [0.29, 0.717) is 6.42 Å². The minimum absolute atomic E-state index is 0.173. The first-order valence-electron chi connectivity index (χ1n) is 5.35. The van der Waals surface area contributed by atoms with Crippen LogP contribution in [0, 0.1) is 0 Å². The van der Waals surface area contributed by atoms with Crippen molar-refractivity contribution in [2.75, 3.05) is 7.11 Å². The van der Waals surface area contributed by atoms with Crippen molar-refractivity contribution >= 4 is 17.2 Å². The molecule has 16 heavy (non-hydrogen) atoms. The Hall–Kier alpha value is -1.77. The van der Waals surface area contributed by atoms with E-state index in [1.807, 2.05) is 31.3 Å². The van der Waals surface area contributed by atoms with Crippen molar-refractivity contribution in [3.05, 3.63) is 30.0 Å². The third kappa shape index (κ3) is 1.69. The van der Waals surface area contributed by atoms with Crippen LogP contribution in [0.2, 0.25) is 0 Å². The molecule has 2 rings (SSSR count). The third-order valence-corrected chi connectivity index (χ3v) is 2.90. The van der Waals surface area contributed by atoms with Crippen LogP contribution in [0.5, 0.6) is 5.75 Å². The van der Waals surface area contributed by atoms with Crippen LogP contribution >= 0.6 is 0 Å². The van der Waals surface area contributed by atoms with Gasteiger partial charge < -0.3 is 14.5 Å². The lowest BCUT2D eigenvalue weighted by molar-refractivity contribution is -0.108. The fourth-order valence-electron chi connectivity index (χ4n) is 2.09. The average molecular weight is 217 g/mol. The average Bonchev–Trinajstić information content (AvgIpc) is 2.75. The molecule has 0 fully saturated rings. The molecule has 1 N–H and O–H groups in total. The second-order valence-corrected chi connectivity index (χ2v) is 3.92. The number of hydrogen-bond acceptors (Lipinski definition) is 2. The highest BCUT2D eigenvalue weighted by Gasteiger charge is 2.15. The number of benzene rings is 1. The summed E-state index contributed by atoms with van der Waals surface area (Å²) < 4.78 is 5.36. The quantitative estimate of drug-likeness (QED) is 0.800. The zero-order chi connectivity index (χ0) is 11.5. The molecular formula is C13H15NO2. The van der Waals surface area contributed by atoms with E-state index in [1.165, 1.54) is 0 Å². The van der Waals surface area contributed by atoms with Gasteiger partial charge >= 0.3 is 0 Å². The van der Waals surface area contributed by atoms with Gasteiger partial charge in [0, 0.05) is 29.1 Å². The summed E-state index contributed by atoms with van der Waals surface area (Å²) in [5.41, 5.74) is 2.18. The number of rotatable bonds is 4. The monoisotopic (exact) mass is 217 g/mol. The summed E-state index contributed by atoms with van der Waals surface area (Å²) in [5.74, 6) is 1.02. The Morgan fingerprint density at radius 1 is 1.44 bits per heavy atom. The van der Waals surface area contributed by atoms with Crippen LogP contribution in [-0.4, -0.2) is 18.4 Å². The summed E-state index contributed by atoms with van der Waals surface area (Å²) in [6, 6.07) is 5.95. The van der Waals surface area contributed by atoms with E-state index >= 15 is 0 Å². The molecule has 1 heterocycles. The number of ether oxygens (including phenoxy) is 1. The predicted molar refractivity (Wildman–Crippen MR) is 63.9 cm³/mol. The molecule has 1 aromatic heterocycles. The van der Waals surface area contributed by atoms with E-state index in [9.17, 15) is 4.79 Å². The van der Waals surface area contributed by atoms with Gasteiger partial charge in [0.25, 0.3) is 0 Å². The largest absolute Gasteiger partial charge is 0.496 e. The van der Waals surface area contributed by atoms with Crippen LogP contribution in [-0.2, 0) is 4.79 Å². The summed E-state index contributed by atoms with van der Waals surface area (Å²) in [7, 11) is 1.66. The van der Waals surface area contributed by atoms with Gasteiger partial charge in [0.15, 0.2) is 0 Å². The Morgan fingerprint density at radius 3 is 2.94 bits per heavy atom. The summed E-state index contributed by atoms with van der Waals surface area (Å²) >= 11 is 0. The van der Waals surface area contributed by atoms with E-state index in [1.54, 1.807) is 7.11 Å². The Bertz CT molecular complexity index is 502. The van der Waals surface area contributed by atoms with Crippen molar-refractivity contribution in [1.29, 1.82) is 0 Å². The van der Waals surface area contributed by atoms with Crippen molar-refractivity contribution in [2.45, 2.75) is 19.3 Å². The minimum Gasteiger partial charge on any atom is -0.496 e. The van der Waals surface area contributed by atoms with Gasteiger partial charge in [-0.25, -0.2) is 0 Å². The van der Waals surface area contributed by atoms with Gasteiger partial charge in [-0.2, -0.15) is 0 Å². The third-order valence-electron chi connectivity index (χ3n) is 2.90. The molecule has 84 valence electrons. The van der Waals surface area contributed by atoms with Crippen molar-refractivity contribution in [1.82, 2.24) is 4.98 Å². The standard InChI is InChI=1S/C13H15NO2/c1-9(6-8-15)13-10-5-7-14-11(10)3-4-12(13)16-2/h3-5,7-9,14H,6H2,1-2H3. The van der Waals surface area contributed by atoms with Crippen molar-refractivity contribution < 1.29 is 9.53 Å². The lowest BCUT2D eigenvalue weighted by Gasteiger charge is -2.14. The number of aromatic amines is 1. The summed E-state index contributed by atoms with van der Waals surface area (Å²) in [6.07, 6.45) is 3.37. The molecule has 0 aliphatic rings. The Kier molecular flexibility index (Phi) is 2.95. The molecule has 1 atom stereocenters. The lowest BCUT2D eigenvalue weighted by Crippen LogP contribution is -1.99. The maximum atomic E-state index is 10.6. The smallest absolute Gasteiger partial charge is 0.123 e. The molecule has 0 aliphatic carbocycles. The number of methoxy groups -OCH3 is 1. The van der Waals surface area contributed by atoms with E-state index in [2.05, 4.69) is 4.98 Å². The molecule has 3 nitrogen and oxygen atoms in total. The van der Waals surface area contributed by atoms with Gasteiger partial charge in [0.2, 0.25) is 0 Å². The van der Waals surface area contributed by atoms with Crippen molar-refractivity contribution in [3.63, 3.8) is 0 Å². The second kappa shape index (κ2) is 4.39. The van der Waals surface area contributed by atoms with E-state index < -0.39 is 0 Å². The Labute approximate surface area is 94.4 Å². The second-order valence-electron chi connectivity index (χ2n) is 3.92. The van der Waals surface area contributed by atoms with Gasteiger partial charge in [-0.1, -0.05) is 6.92 Å². The fraction of sp³-hybridized carbons (Fsp3) is 0.308. The number of fused-ring (bicyclic) bond motifs is 1. The molecule has 0 bridgehead atoms. The summed E-state index contributed by atoms with van der Waals surface area (Å²) in [6.45, 7) is 2.04. The number of carbonyl (C=O) groups is 1. The summed E-state index contributed by atoms with van der Waals surface area (Å²) in [5, 5.41) is 1.13. The van der Waals surface area contributed by atoms with Crippen LogP contribution in [0.3, 0.4) is 0 Å². The number of carbonyl (C=O) groups excluding carboxylic acids is 1. The maximum absolute atomic E-state index is 10.6. The first kappa shape index (κ1) is 10.7. The zero-order valence-corrected chi connectivity index (χ0v) is 9.49. The van der Waals surface area contributed by atoms with E-state index in [-0.39, 0.29) is 5.92 Å². The molecule has 1 aromatic carbocycles. The SMILES string of the molecule is COc1ccc2[nH]ccc2c1C(C)CC=O. The molecule has 0 radical (unpaired) electrons. The maximum Gasteiger partial charge on any atom is 0.123 e. The van der Waals surface area contributed by atoms with Crippen LogP contribution in [0.15, 0.2) is 24.4 Å². The summed E-state index contributed by atoms with van der Waals surface area (Å²) in [4.78, 5) is 13.8. The molecule has 0 spiro atoms. The number of aldehydes is 1. The topological polar surface area (TPSA) is 42.1 Å². The van der Waals surface area contributed by atoms with Crippen LogP contribution in [0.25, 0.3) is 10.9 Å². The number of aromatic nitrogens is 1. The lowest BCUT2D eigenvalue weighted by atomic mass is 9.94. The van der Waals surface area contributed by atoms with Crippen LogP contribution < -0.4 is 4.74 Å². The molecule has 3 heteroatoms.